The van der Waals surface area contributed by atoms with Crippen LogP contribution < -0.4 is 10.2 Å². The third-order valence-corrected chi connectivity index (χ3v) is 4.94. The van der Waals surface area contributed by atoms with Crippen molar-refractivity contribution >= 4 is 17.3 Å². The minimum atomic E-state index is -0.352. The minimum absolute atomic E-state index is 0.0306. The summed E-state index contributed by atoms with van der Waals surface area (Å²) in [5, 5.41) is 14.3. The van der Waals surface area contributed by atoms with E-state index in [0.29, 0.717) is 31.6 Å². The highest BCUT2D eigenvalue weighted by atomic mass is 16.6. The predicted molar refractivity (Wildman–Crippen MR) is 101 cm³/mol. The van der Waals surface area contributed by atoms with Gasteiger partial charge in [0.25, 0.3) is 5.69 Å². The van der Waals surface area contributed by atoms with Gasteiger partial charge in [-0.05, 0) is 31.4 Å². The number of hydrogen-bond donors (Lipinski definition) is 1. The molecule has 0 aromatic heterocycles. The monoisotopic (exact) mass is 353 g/mol. The van der Waals surface area contributed by atoms with Crippen LogP contribution in [0.15, 0.2) is 54.6 Å². The molecule has 6 nitrogen and oxygen atoms in total. The predicted octanol–water partition coefficient (Wildman–Crippen LogP) is 3.69. The fourth-order valence-corrected chi connectivity index (χ4v) is 3.42. The van der Waals surface area contributed by atoms with Crippen LogP contribution in [0.2, 0.25) is 0 Å². The largest absolute Gasteiger partial charge is 0.366 e. The summed E-state index contributed by atoms with van der Waals surface area (Å²) in [5.74, 6) is 0.00347. The number of benzene rings is 2. The zero-order valence-corrected chi connectivity index (χ0v) is 14.8. The van der Waals surface area contributed by atoms with E-state index in [1.54, 1.807) is 12.1 Å². The molecule has 1 atom stereocenters. The molecule has 1 amide bonds. The van der Waals surface area contributed by atoms with Gasteiger partial charge in [-0.1, -0.05) is 42.5 Å². The van der Waals surface area contributed by atoms with E-state index in [2.05, 4.69) is 5.32 Å². The number of nitro benzene ring substituents is 1. The van der Waals surface area contributed by atoms with Gasteiger partial charge in [-0.3, -0.25) is 14.9 Å². The summed E-state index contributed by atoms with van der Waals surface area (Å²) in [4.78, 5) is 25.4. The number of nitro groups is 1. The minimum Gasteiger partial charge on any atom is -0.366 e. The Bertz CT molecular complexity index is 771. The molecule has 0 bridgehead atoms. The number of piperidine rings is 1. The van der Waals surface area contributed by atoms with Crippen LogP contribution in [0.3, 0.4) is 0 Å². The van der Waals surface area contributed by atoms with Crippen LogP contribution in [-0.4, -0.2) is 23.9 Å². The molecule has 1 N–H and O–H groups in total. The summed E-state index contributed by atoms with van der Waals surface area (Å²) in [7, 11) is 0. The molecule has 0 spiro atoms. The summed E-state index contributed by atoms with van der Waals surface area (Å²) in [6, 6.07) is 16.6. The Morgan fingerprint density at radius 2 is 1.73 bits per heavy atom. The lowest BCUT2D eigenvalue weighted by Crippen LogP contribution is -2.41. The first-order chi connectivity index (χ1) is 12.6. The second-order valence-corrected chi connectivity index (χ2v) is 6.65. The average Bonchev–Trinajstić information content (AvgIpc) is 2.68. The van der Waals surface area contributed by atoms with E-state index in [9.17, 15) is 14.9 Å². The number of anilines is 1. The molecular weight excluding hydrogens is 330 g/mol. The SMILES string of the molecule is CC(NC(=O)C1CCN(c2ccccc2[N+](=O)[O-])CC1)c1ccccc1. The molecule has 1 aliphatic rings. The van der Waals surface area contributed by atoms with Gasteiger partial charge in [0.05, 0.1) is 11.0 Å². The second kappa shape index (κ2) is 7.99. The van der Waals surface area contributed by atoms with E-state index >= 15 is 0 Å². The van der Waals surface area contributed by atoms with E-state index in [1.165, 1.54) is 6.07 Å². The quantitative estimate of drug-likeness (QED) is 0.657. The summed E-state index contributed by atoms with van der Waals surface area (Å²) >= 11 is 0. The lowest BCUT2D eigenvalue weighted by atomic mass is 9.94. The number of para-hydroxylation sites is 2. The number of nitrogens with zero attached hydrogens (tertiary/aromatic N) is 2. The summed E-state index contributed by atoms with van der Waals surface area (Å²) in [5.41, 5.74) is 1.83. The molecule has 26 heavy (non-hydrogen) atoms. The van der Waals surface area contributed by atoms with Gasteiger partial charge in [-0.25, -0.2) is 0 Å². The Morgan fingerprint density at radius 1 is 1.12 bits per heavy atom. The number of rotatable bonds is 5. The molecule has 1 unspecified atom stereocenters. The van der Waals surface area contributed by atoms with Crippen molar-refractivity contribution in [2.75, 3.05) is 18.0 Å². The van der Waals surface area contributed by atoms with Crippen molar-refractivity contribution in [1.29, 1.82) is 0 Å². The number of carbonyl (C=O) groups is 1. The lowest BCUT2D eigenvalue weighted by molar-refractivity contribution is -0.384. The smallest absolute Gasteiger partial charge is 0.292 e. The Labute approximate surface area is 153 Å². The van der Waals surface area contributed by atoms with Gasteiger partial charge in [0.2, 0.25) is 5.91 Å². The normalized spacial score (nSPS) is 16.1. The number of nitrogens with one attached hydrogen (secondary N) is 1. The Hall–Kier alpha value is -2.89. The maximum atomic E-state index is 12.6. The van der Waals surface area contributed by atoms with Crippen molar-refractivity contribution in [3.05, 3.63) is 70.3 Å². The fraction of sp³-hybridized carbons (Fsp3) is 0.350. The molecule has 0 saturated carbocycles. The third-order valence-electron chi connectivity index (χ3n) is 4.94. The van der Waals surface area contributed by atoms with Crippen LogP contribution in [0.5, 0.6) is 0 Å². The highest BCUT2D eigenvalue weighted by molar-refractivity contribution is 5.79. The molecule has 1 aliphatic heterocycles. The van der Waals surface area contributed by atoms with Crippen LogP contribution in [0.25, 0.3) is 0 Å². The summed E-state index contributed by atoms with van der Waals surface area (Å²) in [6.45, 7) is 3.26. The first-order valence-corrected chi connectivity index (χ1v) is 8.90. The highest BCUT2D eigenvalue weighted by Gasteiger charge is 2.28. The van der Waals surface area contributed by atoms with Gasteiger partial charge in [-0.15, -0.1) is 0 Å². The van der Waals surface area contributed by atoms with Gasteiger partial charge in [0.15, 0.2) is 0 Å². The molecule has 1 heterocycles. The number of hydrogen-bond acceptors (Lipinski definition) is 4. The van der Waals surface area contributed by atoms with Crippen LogP contribution in [0.4, 0.5) is 11.4 Å². The zero-order valence-electron chi connectivity index (χ0n) is 14.8. The van der Waals surface area contributed by atoms with E-state index in [1.807, 2.05) is 48.2 Å². The van der Waals surface area contributed by atoms with E-state index in [4.69, 9.17) is 0 Å². The average molecular weight is 353 g/mol. The van der Waals surface area contributed by atoms with E-state index < -0.39 is 0 Å². The Balaban J connectivity index is 1.58. The van der Waals surface area contributed by atoms with Crippen LogP contribution in [-0.2, 0) is 4.79 Å². The first kappa shape index (κ1) is 17.9. The maximum Gasteiger partial charge on any atom is 0.292 e. The summed E-state index contributed by atoms with van der Waals surface area (Å²) in [6.07, 6.45) is 1.39. The number of carbonyl (C=O) groups excluding carboxylic acids is 1. The lowest BCUT2D eigenvalue weighted by Gasteiger charge is -2.33. The zero-order chi connectivity index (χ0) is 18.5. The van der Waals surface area contributed by atoms with Crippen molar-refractivity contribution in [3.63, 3.8) is 0 Å². The van der Waals surface area contributed by atoms with Crippen molar-refractivity contribution in [2.24, 2.45) is 5.92 Å². The third kappa shape index (κ3) is 4.02. The molecule has 2 aromatic rings. The van der Waals surface area contributed by atoms with Crippen LogP contribution in [0, 0.1) is 16.0 Å². The van der Waals surface area contributed by atoms with Gasteiger partial charge in [0, 0.05) is 25.1 Å². The van der Waals surface area contributed by atoms with E-state index in [-0.39, 0.29) is 28.5 Å². The first-order valence-electron chi connectivity index (χ1n) is 8.90. The second-order valence-electron chi connectivity index (χ2n) is 6.65. The van der Waals surface area contributed by atoms with Crippen LogP contribution >= 0.6 is 0 Å². The highest BCUT2D eigenvalue weighted by Crippen LogP contribution is 2.31. The van der Waals surface area contributed by atoms with Gasteiger partial charge >= 0.3 is 0 Å². The topological polar surface area (TPSA) is 75.5 Å². The Kier molecular flexibility index (Phi) is 5.51. The van der Waals surface area contributed by atoms with E-state index in [0.717, 1.165) is 5.56 Å². The standard InChI is InChI=1S/C20H23N3O3/c1-15(16-7-3-2-4-8-16)21-20(24)17-11-13-22(14-12-17)18-9-5-6-10-19(18)23(25)26/h2-10,15,17H,11-14H2,1H3,(H,21,24). The van der Waals surface area contributed by atoms with Gasteiger partial charge in [-0.2, -0.15) is 0 Å². The molecule has 0 aliphatic carbocycles. The number of amides is 1. The molecule has 136 valence electrons. The van der Waals surface area contributed by atoms with Crippen molar-refractivity contribution in [1.82, 2.24) is 5.32 Å². The fourth-order valence-electron chi connectivity index (χ4n) is 3.42. The molecule has 1 fully saturated rings. The molecule has 0 radical (unpaired) electrons. The molecule has 3 rings (SSSR count). The summed E-state index contributed by atoms with van der Waals surface area (Å²) < 4.78 is 0. The molecule has 2 aromatic carbocycles. The van der Waals surface area contributed by atoms with Gasteiger partial charge in [0.1, 0.15) is 5.69 Å². The maximum absolute atomic E-state index is 12.6. The molecular formula is C20H23N3O3. The van der Waals surface area contributed by atoms with Crippen molar-refractivity contribution in [3.8, 4) is 0 Å². The molecule has 1 saturated heterocycles. The van der Waals surface area contributed by atoms with Gasteiger partial charge < -0.3 is 10.2 Å². The van der Waals surface area contributed by atoms with Crippen LogP contribution in [0.1, 0.15) is 31.4 Å². The van der Waals surface area contributed by atoms with Crippen molar-refractivity contribution < 1.29 is 9.72 Å². The van der Waals surface area contributed by atoms with Crippen molar-refractivity contribution in [2.45, 2.75) is 25.8 Å². The Morgan fingerprint density at radius 3 is 2.38 bits per heavy atom. The molecule has 6 heteroatoms.